The Balaban J connectivity index is 2.40. The highest BCUT2D eigenvalue weighted by Gasteiger charge is 2.29. The maximum Gasteiger partial charge on any atom is 0.305 e. The van der Waals surface area contributed by atoms with Crippen LogP contribution in [0.3, 0.4) is 0 Å². The number of hydrogen-bond acceptors (Lipinski definition) is 3. The predicted octanol–water partition coefficient (Wildman–Crippen LogP) is 4.91. The van der Waals surface area contributed by atoms with Gasteiger partial charge < -0.3 is 10.4 Å². The summed E-state index contributed by atoms with van der Waals surface area (Å²) in [6.07, 6.45) is -0.329. The van der Waals surface area contributed by atoms with Crippen LogP contribution in [0.4, 0.5) is 26.3 Å². The lowest BCUT2D eigenvalue weighted by Crippen LogP contribution is -2.32. The molecule has 0 spiro atoms. The maximum absolute atomic E-state index is 14.3. The van der Waals surface area contributed by atoms with Crippen molar-refractivity contribution in [3.05, 3.63) is 52.1 Å². The molecule has 2 aromatic carbocycles. The zero-order chi connectivity index (χ0) is 22.7. The average molecular weight is 472 g/mol. The van der Waals surface area contributed by atoms with E-state index in [-0.39, 0.29) is 22.9 Å². The van der Waals surface area contributed by atoms with Gasteiger partial charge in [-0.1, -0.05) is 11.6 Å². The molecule has 0 aromatic heterocycles. The Kier molecular flexibility index (Phi) is 7.64. The predicted molar refractivity (Wildman–Crippen MR) is 97.2 cm³/mol. The number of halogens is 7. The van der Waals surface area contributed by atoms with Crippen LogP contribution in [0.2, 0.25) is 5.02 Å². The number of carboxylic acids is 1. The van der Waals surface area contributed by atoms with Gasteiger partial charge in [-0.05, 0) is 19.1 Å². The third-order valence-electron chi connectivity index (χ3n) is 3.81. The Labute approximate surface area is 175 Å². The smallest absolute Gasteiger partial charge is 0.305 e. The summed E-state index contributed by atoms with van der Waals surface area (Å²) in [5.41, 5.74) is -2.41. The molecule has 0 radical (unpaired) electrons. The fourth-order valence-electron chi connectivity index (χ4n) is 2.33. The number of hydrogen-bond donors (Lipinski definition) is 2. The van der Waals surface area contributed by atoms with Crippen LogP contribution in [0.5, 0.6) is 0 Å². The second-order valence-electron chi connectivity index (χ2n) is 5.90. The standard InChI is InChI=1S/C18H12ClF6NO3S/c1-6(18(29)26-3-2-11(27)28)30-10-4-7(9(20)5-8(10)19)12-13(21)15(23)17(25)16(24)14(12)22/h4-6H,2-3H2,1H3,(H,26,29)(H,27,28)/t6-/m0/s1. The Hall–Kier alpha value is -2.40. The van der Waals surface area contributed by atoms with Gasteiger partial charge in [0.1, 0.15) is 5.82 Å². The minimum Gasteiger partial charge on any atom is -0.481 e. The molecule has 0 aliphatic carbocycles. The third-order valence-corrected chi connectivity index (χ3v) is 5.40. The van der Waals surface area contributed by atoms with Crippen molar-refractivity contribution in [2.75, 3.05) is 6.54 Å². The Morgan fingerprint density at radius 1 is 1.03 bits per heavy atom. The molecule has 0 heterocycles. The molecule has 30 heavy (non-hydrogen) atoms. The third kappa shape index (κ3) is 5.01. The summed E-state index contributed by atoms with van der Waals surface area (Å²) in [6.45, 7) is 1.23. The first-order chi connectivity index (χ1) is 14.0. The van der Waals surface area contributed by atoms with Gasteiger partial charge >= 0.3 is 5.97 Å². The van der Waals surface area contributed by atoms with E-state index in [9.17, 15) is 35.9 Å². The van der Waals surface area contributed by atoms with E-state index >= 15 is 0 Å². The van der Waals surface area contributed by atoms with Gasteiger partial charge in [0.25, 0.3) is 0 Å². The Morgan fingerprint density at radius 3 is 2.10 bits per heavy atom. The molecule has 0 unspecified atom stereocenters. The second-order valence-corrected chi connectivity index (χ2v) is 7.69. The molecule has 2 aromatic rings. The van der Waals surface area contributed by atoms with E-state index in [1.54, 1.807) is 0 Å². The molecule has 0 fully saturated rings. The molecule has 0 bridgehead atoms. The molecule has 0 saturated carbocycles. The molecule has 2 rings (SSSR count). The summed E-state index contributed by atoms with van der Waals surface area (Å²) in [5.74, 6) is -14.4. The second kappa shape index (κ2) is 9.61. The van der Waals surface area contributed by atoms with Crippen molar-refractivity contribution in [3.63, 3.8) is 0 Å². The number of carboxylic acid groups (broad SMARTS) is 1. The van der Waals surface area contributed by atoms with E-state index in [4.69, 9.17) is 16.7 Å². The van der Waals surface area contributed by atoms with E-state index in [0.717, 1.165) is 6.07 Å². The fourth-order valence-corrected chi connectivity index (χ4v) is 3.55. The van der Waals surface area contributed by atoms with Crippen molar-refractivity contribution in [2.24, 2.45) is 0 Å². The number of thioether (sulfide) groups is 1. The number of aliphatic carboxylic acids is 1. The van der Waals surface area contributed by atoms with E-state index < -0.39 is 63.2 Å². The van der Waals surface area contributed by atoms with Crippen LogP contribution in [0.1, 0.15) is 13.3 Å². The van der Waals surface area contributed by atoms with Crippen molar-refractivity contribution in [1.29, 1.82) is 0 Å². The van der Waals surface area contributed by atoms with Crippen LogP contribution in [0.25, 0.3) is 11.1 Å². The molecule has 1 atom stereocenters. The summed E-state index contributed by atoms with van der Waals surface area (Å²) in [4.78, 5) is 22.4. The van der Waals surface area contributed by atoms with Crippen LogP contribution in [-0.4, -0.2) is 28.8 Å². The average Bonchev–Trinajstić information content (AvgIpc) is 2.67. The number of benzene rings is 2. The van der Waals surface area contributed by atoms with Crippen LogP contribution >= 0.6 is 23.4 Å². The molecule has 0 saturated heterocycles. The molecule has 12 heteroatoms. The molecule has 2 N–H and O–H groups in total. The lowest BCUT2D eigenvalue weighted by molar-refractivity contribution is -0.136. The van der Waals surface area contributed by atoms with Gasteiger partial charge in [-0.15, -0.1) is 11.8 Å². The lowest BCUT2D eigenvalue weighted by atomic mass is 10.0. The minimum absolute atomic E-state index is 0.0714. The quantitative estimate of drug-likeness (QED) is 0.260. The minimum atomic E-state index is -2.38. The zero-order valence-corrected chi connectivity index (χ0v) is 16.5. The van der Waals surface area contributed by atoms with E-state index in [1.807, 2.05) is 0 Å². The molecule has 0 aliphatic rings. The lowest BCUT2D eigenvalue weighted by Gasteiger charge is -2.15. The monoisotopic (exact) mass is 471 g/mol. The topological polar surface area (TPSA) is 66.4 Å². The number of amides is 1. The highest BCUT2D eigenvalue weighted by Crippen LogP contribution is 2.39. The number of nitrogens with one attached hydrogen (secondary N) is 1. The Morgan fingerprint density at radius 2 is 1.57 bits per heavy atom. The summed E-state index contributed by atoms with van der Waals surface area (Å²) in [7, 11) is 0. The normalized spacial score (nSPS) is 12.0. The van der Waals surface area contributed by atoms with Gasteiger partial charge in [0.15, 0.2) is 23.3 Å². The molecular formula is C18H12ClF6NO3S. The van der Waals surface area contributed by atoms with Gasteiger partial charge in [-0.2, -0.15) is 0 Å². The first-order valence-corrected chi connectivity index (χ1v) is 9.38. The van der Waals surface area contributed by atoms with Crippen molar-refractivity contribution in [3.8, 4) is 11.1 Å². The molecule has 4 nitrogen and oxygen atoms in total. The summed E-state index contributed by atoms with van der Waals surface area (Å²) < 4.78 is 82.6. The fraction of sp³-hybridized carbons (Fsp3) is 0.222. The highest BCUT2D eigenvalue weighted by atomic mass is 35.5. The highest BCUT2D eigenvalue weighted by molar-refractivity contribution is 8.00. The van der Waals surface area contributed by atoms with Crippen molar-refractivity contribution in [1.82, 2.24) is 5.32 Å². The van der Waals surface area contributed by atoms with E-state index in [0.29, 0.717) is 17.8 Å². The molecule has 162 valence electrons. The van der Waals surface area contributed by atoms with Crippen molar-refractivity contribution >= 4 is 35.2 Å². The van der Waals surface area contributed by atoms with Crippen LogP contribution in [0, 0.1) is 34.9 Å². The first-order valence-electron chi connectivity index (χ1n) is 8.12. The Bertz CT molecular complexity index is 991. The van der Waals surface area contributed by atoms with Gasteiger partial charge in [0.05, 0.1) is 22.3 Å². The van der Waals surface area contributed by atoms with E-state index in [1.165, 1.54) is 6.92 Å². The number of rotatable bonds is 7. The summed E-state index contributed by atoms with van der Waals surface area (Å²) in [6, 6.07) is 1.38. The van der Waals surface area contributed by atoms with Gasteiger partial charge in [-0.25, -0.2) is 26.3 Å². The zero-order valence-electron chi connectivity index (χ0n) is 15.0. The number of carbonyl (C=O) groups excluding carboxylic acids is 1. The number of carbonyl (C=O) groups is 2. The largest absolute Gasteiger partial charge is 0.481 e. The summed E-state index contributed by atoms with van der Waals surface area (Å²) in [5, 5.41) is 9.71. The van der Waals surface area contributed by atoms with Crippen LogP contribution in [-0.2, 0) is 9.59 Å². The SMILES string of the molecule is C[C@H](Sc1cc(-c2c(F)c(F)c(F)c(F)c2F)c(F)cc1Cl)C(=O)NCCC(=O)O. The van der Waals surface area contributed by atoms with Crippen molar-refractivity contribution in [2.45, 2.75) is 23.5 Å². The molecular weight excluding hydrogens is 460 g/mol. The van der Waals surface area contributed by atoms with E-state index in [2.05, 4.69) is 5.32 Å². The van der Waals surface area contributed by atoms with Crippen LogP contribution < -0.4 is 5.32 Å². The van der Waals surface area contributed by atoms with Gasteiger partial charge in [0.2, 0.25) is 11.7 Å². The molecule has 1 amide bonds. The van der Waals surface area contributed by atoms with Crippen molar-refractivity contribution < 1.29 is 41.0 Å². The summed E-state index contributed by atoms with van der Waals surface area (Å²) >= 11 is 6.60. The van der Waals surface area contributed by atoms with Gasteiger partial charge in [-0.3, -0.25) is 9.59 Å². The van der Waals surface area contributed by atoms with Crippen LogP contribution in [0.15, 0.2) is 17.0 Å². The maximum atomic E-state index is 14.3. The van der Waals surface area contributed by atoms with Gasteiger partial charge in [0, 0.05) is 17.0 Å². The first kappa shape index (κ1) is 23.9. The molecule has 0 aliphatic heterocycles.